The van der Waals surface area contributed by atoms with Crippen molar-refractivity contribution in [3.05, 3.63) is 23.7 Å². The van der Waals surface area contributed by atoms with Gasteiger partial charge in [0, 0.05) is 34.8 Å². The first-order valence-corrected chi connectivity index (χ1v) is 17.1. The van der Waals surface area contributed by atoms with E-state index in [9.17, 15) is 34.8 Å². The number of ether oxygens (including phenoxy) is 4. The van der Waals surface area contributed by atoms with Gasteiger partial charge in [-0.25, -0.2) is 4.79 Å². The molecule has 4 saturated heterocycles. The van der Waals surface area contributed by atoms with E-state index in [4.69, 9.17) is 23.4 Å². The number of esters is 2. The molecule has 0 amide bonds. The zero-order valence-corrected chi connectivity index (χ0v) is 27.6. The number of rotatable bonds is 10. The minimum absolute atomic E-state index is 0.00654. The first-order valence-electron chi connectivity index (χ1n) is 17.1. The second-order valence-electron chi connectivity index (χ2n) is 15.9. The normalized spacial score (nSPS) is 44.2. The Morgan fingerprint density at radius 3 is 2.51 bits per heavy atom. The lowest BCUT2D eigenvalue weighted by Gasteiger charge is -2.66. The number of Topliss-reactive ketones (excluding diaryl/α,β-unsaturated/α-hetero) is 1. The van der Waals surface area contributed by atoms with Crippen LogP contribution in [0.3, 0.4) is 0 Å². The van der Waals surface area contributed by atoms with Crippen LogP contribution in [0.1, 0.15) is 90.1 Å². The number of ketones is 1. The van der Waals surface area contributed by atoms with Crippen molar-refractivity contribution in [1.29, 1.82) is 0 Å². The summed E-state index contributed by atoms with van der Waals surface area (Å²) in [7, 11) is 0. The average molecular weight is 661 g/mol. The second kappa shape index (κ2) is 11.1. The van der Waals surface area contributed by atoms with Gasteiger partial charge in [0.25, 0.3) is 0 Å². The molecule has 260 valence electrons. The summed E-state index contributed by atoms with van der Waals surface area (Å²) >= 11 is 0. The molecule has 0 aromatic carbocycles. The SMILES string of the molecule is CC1(C)OC2CC(=O)OCC23C1C(=O)C(O)C1(C)C3CCC2(C)C(c3ccoc3CC(CCCCCO)C(O)CO)OC(=O)C3OC321. The number of unbranched alkanes of at least 4 members (excludes halogenated alkanes) is 2. The highest BCUT2D eigenvalue weighted by Crippen LogP contribution is 2.80. The van der Waals surface area contributed by atoms with Crippen LogP contribution < -0.4 is 0 Å². The monoisotopic (exact) mass is 660 g/mol. The standard InChI is InChI=1S/C35H48O12/c1-31(2)26-25(40)27(41)33(4)22(34(26)17-44-24(39)15-23(34)46-31)9-11-32(3)28(45-30(42)29-35(32,33)47-29)19-10-13-43-21(19)14-18(20(38)16-37)8-6-5-7-12-36/h10,13,18,20,22-23,26-29,36-38,41H,5-9,11-12,14-17H2,1-4H3. The molecule has 6 fully saturated rings. The maximum Gasteiger partial charge on any atom is 0.339 e. The van der Waals surface area contributed by atoms with Gasteiger partial charge in [-0.2, -0.15) is 0 Å². The molecule has 12 nitrogen and oxygen atoms in total. The van der Waals surface area contributed by atoms with Crippen molar-refractivity contribution in [2.75, 3.05) is 19.8 Å². The van der Waals surface area contributed by atoms with Crippen LogP contribution in [0.4, 0.5) is 0 Å². The molecule has 47 heavy (non-hydrogen) atoms. The zero-order chi connectivity index (χ0) is 33.7. The average Bonchev–Trinajstić information content (AvgIpc) is 3.58. The van der Waals surface area contributed by atoms with Gasteiger partial charge in [-0.05, 0) is 57.4 Å². The van der Waals surface area contributed by atoms with E-state index in [1.54, 1.807) is 6.07 Å². The maximum atomic E-state index is 14.4. The van der Waals surface area contributed by atoms with E-state index < -0.39 is 76.5 Å². The van der Waals surface area contributed by atoms with Crippen molar-refractivity contribution in [2.24, 2.45) is 34.0 Å². The lowest BCUT2D eigenvalue weighted by molar-refractivity contribution is -0.252. The van der Waals surface area contributed by atoms with Crippen molar-refractivity contribution in [2.45, 2.75) is 121 Å². The zero-order valence-electron chi connectivity index (χ0n) is 27.6. The number of furan rings is 1. The van der Waals surface area contributed by atoms with Gasteiger partial charge in [0.15, 0.2) is 11.9 Å². The van der Waals surface area contributed by atoms with Crippen LogP contribution in [0.15, 0.2) is 16.7 Å². The third-order valence-electron chi connectivity index (χ3n) is 13.3. The Balaban J connectivity index is 1.27. The van der Waals surface area contributed by atoms with Crippen molar-refractivity contribution in [3.8, 4) is 0 Å². The first kappa shape index (κ1) is 33.2. The molecule has 1 aromatic heterocycles. The molecular formula is C35H48O12. The Bertz CT molecular complexity index is 1440. The summed E-state index contributed by atoms with van der Waals surface area (Å²) in [5.41, 5.74) is -4.59. The molecule has 7 rings (SSSR count). The van der Waals surface area contributed by atoms with Gasteiger partial charge in [0.2, 0.25) is 0 Å². The van der Waals surface area contributed by atoms with E-state index in [-0.39, 0.29) is 49.6 Å². The molecule has 2 spiro atoms. The van der Waals surface area contributed by atoms with E-state index in [1.807, 2.05) is 27.7 Å². The molecular weight excluding hydrogens is 612 g/mol. The Kier molecular flexibility index (Phi) is 7.82. The van der Waals surface area contributed by atoms with Crippen LogP contribution >= 0.6 is 0 Å². The molecule has 12 atom stereocenters. The Hall–Kier alpha value is -2.35. The number of aliphatic hydroxyl groups is 4. The number of epoxide rings is 1. The van der Waals surface area contributed by atoms with E-state index in [0.29, 0.717) is 37.0 Å². The van der Waals surface area contributed by atoms with Crippen molar-refractivity contribution >= 4 is 17.7 Å². The number of hydrogen-bond donors (Lipinski definition) is 4. The lowest BCUT2D eigenvalue weighted by Crippen LogP contribution is -2.76. The predicted octanol–water partition coefficient (Wildman–Crippen LogP) is 2.17. The second-order valence-corrected chi connectivity index (χ2v) is 15.9. The third kappa shape index (κ3) is 4.24. The lowest BCUT2D eigenvalue weighted by atomic mass is 9.36. The van der Waals surface area contributed by atoms with Crippen LogP contribution in [0.5, 0.6) is 0 Å². The highest BCUT2D eigenvalue weighted by Gasteiger charge is 2.90. The topological polar surface area (TPSA) is 185 Å². The van der Waals surface area contributed by atoms with Crippen molar-refractivity contribution in [1.82, 2.24) is 0 Å². The summed E-state index contributed by atoms with van der Waals surface area (Å²) in [6, 6.07) is 1.76. The Morgan fingerprint density at radius 2 is 1.79 bits per heavy atom. The fourth-order valence-electron chi connectivity index (χ4n) is 11.3. The highest BCUT2D eigenvalue weighted by atomic mass is 16.7. The summed E-state index contributed by atoms with van der Waals surface area (Å²) in [5, 5.41) is 41.8. The van der Waals surface area contributed by atoms with Crippen LogP contribution in [0.2, 0.25) is 0 Å². The fraction of sp³-hybridized carbons (Fsp3) is 0.800. The van der Waals surface area contributed by atoms with E-state index in [1.165, 1.54) is 6.26 Å². The molecule has 0 radical (unpaired) electrons. The minimum Gasteiger partial charge on any atom is -0.469 e. The number of hydrogen-bond acceptors (Lipinski definition) is 12. The van der Waals surface area contributed by atoms with Gasteiger partial charge in [-0.15, -0.1) is 0 Å². The van der Waals surface area contributed by atoms with Gasteiger partial charge in [0.05, 0.1) is 43.0 Å². The van der Waals surface area contributed by atoms with Gasteiger partial charge < -0.3 is 43.8 Å². The summed E-state index contributed by atoms with van der Waals surface area (Å²) < 4.78 is 30.8. The number of carbonyl (C=O) groups excluding carboxylic acids is 3. The first-order chi connectivity index (χ1) is 22.2. The number of fused-ring (bicyclic) bond motifs is 1. The van der Waals surface area contributed by atoms with Gasteiger partial charge in [-0.3, -0.25) is 9.59 Å². The van der Waals surface area contributed by atoms with Crippen LogP contribution in [-0.2, 0) is 39.8 Å². The quantitative estimate of drug-likeness (QED) is 0.163. The van der Waals surface area contributed by atoms with E-state index in [2.05, 4.69) is 0 Å². The van der Waals surface area contributed by atoms with Crippen molar-refractivity contribution in [3.63, 3.8) is 0 Å². The summed E-state index contributed by atoms with van der Waals surface area (Å²) in [4.78, 5) is 40.7. The summed E-state index contributed by atoms with van der Waals surface area (Å²) in [6.45, 7) is 7.18. The van der Waals surface area contributed by atoms with Gasteiger partial charge in [-0.1, -0.05) is 26.7 Å². The van der Waals surface area contributed by atoms with Crippen LogP contribution in [0.25, 0.3) is 0 Å². The molecule has 12 unspecified atom stereocenters. The molecule has 4 N–H and O–H groups in total. The number of aliphatic hydroxyl groups excluding tert-OH is 4. The molecule has 4 aliphatic heterocycles. The smallest absolute Gasteiger partial charge is 0.339 e. The minimum atomic E-state index is -1.47. The Morgan fingerprint density at radius 1 is 1.02 bits per heavy atom. The van der Waals surface area contributed by atoms with Crippen molar-refractivity contribution < 1.29 is 58.2 Å². The summed E-state index contributed by atoms with van der Waals surface area (Å²) in [5.74, 6) is -2.25. The molecule has 12 heteroatoms. The van der Waals surface area contributed by atoms with Gasteiger partial charge >= 0.3 is 11.9 Å². The molecule has 5 heterocycles. The molecule has 1 aromatic rings. The molecule has 6 aliphatic rings. The van der Waals surface area contributed by atoms with E-state index >= 15 is 0 Å². The Labute approximate surface area is 274 Å². The number of cyclic esters (lactones) is 2. The van der Waals surface area contributed by atoms with Crippen LogP contribution in [0, 0.1) is 34.0 Å². The third-order valence-corrected chi connectivity index (χ3v) is 13.3. The molecule has 2 aliphatic carbocycles. The molecule has 0 bridgehead atoms. The van der Waals surface area contributed by atoms with E-state index in [0.717, 1.165) is 12.8 Å². The van der Waals surface area contributed by atoms with Gasteiger partial charge in [0.1, 0.15) is 30.2 Å². The predicted molar refractivity (Wildman–Crippen MR) is 161 cm³/mol. The van der Waals surface area contributed by atoms with Crippen LogP contribution in [-0.4, -0.2) is 93.6 Å². The fourth-order valence-corrected chi connectivity index (χ4v) is 11.3. The highest BCUT2D eigenvalue weighted by molar-refractivity contribution is 5.92. The summed E-state index contributed by atoms with van der Waals surface area (Å²) in [6.07, 6.45) is 0.788. The largest absolute Gasteiger partial charge is 0.469 e. The maximum absolute atomic E-state index is 14.4. The molecule has 2 saturated carbocycles. The number of carbonyl (C=O) groups is 3.